The molecule has 2 aromatic rings. The highest BCUT2D eigenvalue weighted by atomic mass is 79.9. The molecule has 0 unspecified atom stereocenters. The molecule has 0 saturated heterocycles. The summed E-state index contributed by atoms with van der Waals surface area (Å²) >= 11 is 3.33. The summed E-state index contributed by atoms with van der Waals surface area (Å²) in [6, 6.07) is 10.3. The van der Waals surface area contributed by atoms with Crippen molar-refractivity contribution >= 4 is 33.2 Å². The quantitative estimate of drug-likeness (QED) is 0.818. The average molecular weight is 349 g/mol. The molecule has 0 atom stereocenters. The third-order valence-electron chi connectivity index (χ3n) is 3.06. The molecule has 2 aromatic carbocycles. The van der Waals surface area contributed by atoms with Crippen molar-refractivity contribution in [3.63, 3.8) is 0 Å². The fourth-order valence-electron chi connectivity index (χ4n) is 1.99. The number of fused-ring (bicyclic) bond motifs is 1. The predicted octanol–water partition coefficient (Wildman–Crippen LogP) is 3.05. The van der Waals surface area contributed by atoms with Crippen molar-refractivity contribution in [3.8, 4) is 11.5 Å². The first-order chi connectivity index (χ1) is 10.1. The van der Waals surface area contributed by atoms with E-state index in [0.717, 1.165) is 4.47 Å². The van der Waals surface area contributed by atoms with Gasteiger partial charge in [-0.15, -0.1) is 0 Å². The molecule has 3 rings (SSSR count). The van der Waals surface area contributed by atoms with E-state index in [0.29, 0.717) is 41.7 Å². The number of carbonyl (C=O) groups excluding carboxylic acids is 1. The summed E-state index contributed by atoms with van der Waals surface area (Å²) in [6.45, 7) is 1.01. The van der Waals surface area contributed by atoms with Crippen LogP contribution in [0.1, 0.15) is 10.4 Å². The number of amides is 1. The van der Waals surface area contributed by atoms with Crippen LogP contribution >= 0.6 is 15.9 Å². The van der Waals surface area contributed by atoms with Crippen molar-refractivity contribution < 1.29 is 14.3 Å². The van der Waals surface area contributed by atoms with Gasteiger partial charge in [0.15, 0.2) is 11.5 Å². The van der Waals surface area contributed by atoms with E-state index in [2.05, 4.69) is 21.2 Å². The highest BCUT2D eigenvalue weighted by Crippen LogP contribution is 2.31. The maximum atomic E-state index is 12.2. The monoisotopic (exact) mass is 348 g/mol. The first-order valence-corrected chi connectivity index (χ1v) is 7.19. The number of hydrogen-bond donors (Lipinski definition) is 2. The van der Waals surface area contributed by atoms with Gasteiger partial charge in [0.05, 0.1) is 0 Å². The molecule has 1 heterocycles. The highest BCUT2D eigenvalue weighted by Gasteiger charge is 2.15. The summed E-state index contributed by atoms with van der Waals surface area (Å²) < 4.78 is 11.6. The van der Waals surface area contributed by atoms with Crippen molar-refractivity contribution in [2.75, 3.05) is 24.3 Å². The molecule has 1 amide bonds. The van der Waals surface area contributed by atoms with E-state index in [9.17, 15) is 4.79 Å². The maximum absolute atomic E-state index is 12.2. The third kappa shape index (κ3) is 2.95. The smallest absolute Gasteiger partial charge is 0.255 e. The fourth-order valence-corrected chi connectivity index (χ4v) is 2.37. The van der Waals surface area contributed by atoms with Crippen LogP contribution in [0.4, 0.5) is 11.4 Å². The largest absolute Gasteiger partial charge is 0.486 e. The maximum Gasteiger partial charge on any atom is 0.255 e. The van der Waals surface area contributed by atoms with E-state index >= 15 is 0 Å². The second-order valence-corrected chi connectivity index (χ2v) is 5.40. The van der Waals surface area contributed by atoms with E-state index in [4.69, 9.17) is 15.2 Å². The molecule has 0 saturated carbocycles. The van der Waals surface area contributed by atoms with Crippen LogP contribution in [0.3, 0.4) is 0 Å². The Kier molecular flexibility index (Phi) is 3.70. The van der Waals surface area contributed by atoms with Gasteiger partial charge in [0.25, 0.3) is 5.91 Å². The minimum atomic E-state index is -0.219. The number of carbonyl (C=O) groups is 1. The lowest BCUT2D eigenvalue weighted by Gasteiger charge is -2.18. The van der Waals surface area contributed by atoms with Crippen molar-refractivity contribution in [2.45, 2.75) is 0 Å². The zero-order valence-corrected chi connectivity index (χ0v) is 12.6. The van der Waals surface area contributed by atoms with Gasteiger partial charge in [-0.05, 0) is 52.3 Å². The van der Waals surface area contributed by atoms with Crippen LogP contribution in [0.15, 0.2) is 40.9 Å². The molecule has 0 bridgehead atoms. The lowest BCUT2D eigenvalue weighted by molar-refractivity contribution is 0.102. The number of rotatable bonds is 2. The summed E-state index contributed by atoms with van der Waals surface area (Å²) in [5.41, 5.74) is 7.50. The number of nitrogen functional groups attached to an aromatic ring is 1. The lowest BCUT2D eigenvalue weighted by Crippen LogP contribution is -2.17. The summed E-state index contributed by atoms with van der Waals surface area (Å²) in [7, 11) is 0. The second kappa shape index (κ2) is 5.65. The molecular formula is C15H13BrN2O3. The topological polar surface area (TPSA) is 73.6 Å². The molecule has 108 valence electrons. The van der Waals surface area contributed by atoms with Gasteiger partial charge in [-0.3, -0.25) is 4.79 Å². The molecule has 5 nitrogen and oxygen atoms in total. The van der Waals surface area contributed by atoms with Gasteiger partial charge in [-0.1, -0.05) is 0 Å². The first kappa shape index (κ1) is 13.8. The van der Waals surface area contributed by atoms with Crippen LogP contribution in [0, 0.1) is 0 Å². The van der Waals surface area contributed by atoms with Gasteiger partial charge in [0.2, 0.25) is 0 Å². The molecule has 1 aliphatic rings. The SMILES string of the molecule is Nc1ccc(NC(=O)c2ccc3c(c2)OCCO3)cc1Br. The van der Waals surface area contributed by atoms with Gasteiger partial charge < -0.3 is 20.5 Å². The van der Waals surface area contributed by atoms with Crippen LogP contribution in [-0.2, 0) is 0 Å². The number of nitrogens with two attached hydrogens (primary N) is 1. The van der Waals surface area contributed by atoms with Gasteiger partial charge in [0.1, 0.15) is 13.2 Å². The predicted molar refractivity (Wildman–Crippen MR) is 83.9 cm³/mol. The van der Waals surface area contributed by atoms with E-state index in [1.807, 2.05) is 0 Å². The number of hydrogen-bond acceptors (Lipinski definition) is 4. The number of halogens is 1. The summed E-state index contributed by atoms with van der Waals surface area (Å²) in [5.74, 6) is 1.03. The molecule has 0 aromatic heterocycles. The van der Waals surface area contributed by atoms with E-state index in [1.165, 1.54) is 0 Å². The molecule has 0 aliphatic carbocycles. The van der Waals surface area contributed by atoms with Crippen molar-refractivity contribution in [3.05, 3.63) is 46.4 Å². The Labute approximate surface area is 130 Å². The molecule has 0 radical (unpaired) electrons. The van der Waals surface area contributed by atoms with Crippen molar-refractivity contribution in [1.29, 1.82) is 0 Å². The Balaban J connectivity index is 1.80. The van der Waals surface area contributed by atoms with Crippen molar-refractivity contribution in [1.82, 2.24) is 0 Å². The van der Waals surface area contributed by atoms with Crippen LogP contribution in [0.25, 0.3) is 0 Å². The normalized spacial score (nSPS) is 12.8. The standard InChI is InChI=1S/C15H13BrN2O3/c16-11-8-10(2-3-12(11)17)18-15(19)9-1-4-13-14(7-9)21-6-5-20-13/h1-4,7-8H,5-6,17H2,(H,18,19). The Bertz CT molecular complexity index is 703. The van der Waals surface area contributed by atoms with Gasteiger partial charge in [0, 0.05) is 21.4 Å². The first-order valence-electron chi connectivity index (χ1n) is 6.39. The van der Waals surface area contributed by atoms with E-state index < -0.39 is 0 Å². The summed E-state index contributed by atoms with van der Waals surface area (Å²) in [6.07, 6.45) is 0. The number of anilines is 2. The minimum Gasteiger partial charge on any atom is -0.486 e. The molecule has 3 N–H and O–H groups in total. The number of ether oxygens (including phenoxy) is 2. The molecule has 6 heteroatoms. The average Bonchev–Trinajstić information content (AvgIpc) is 2.50. The Hall–Kier alpha value is -2.21. The molecule has 0 fully saturated rings. The molecular weight excluding hydrogens is 336 g/mol. The van der Waals surface area contributed by atoms with Crippen LogP contribution in [0.5, 0.6) is 11.5 Å². The second-order valence-electron chi connectivity index (χ2n) is 4.55. The zero-order chi connectivity index (χ0) is 14.8. The highest BCUT2D eigenvalue weighted by molar-refractivity contribution is 9.10. The van der Waals surface area contributed by atoms with Gasteiger partial charge in [-0.2, -0.15) is 0 Å². The van der Waals surface area contributed by atoms with Crippen molar-refractivity contribution in [2.24, 2.45) is 0 Å². The minimum absolute atomic E-state index is 0.219. The van der Waals surface area contributed by atoms with Gasteiger partial charge in [-0.25, -0.2) is 0 Å². The van der Waals surface area contributed by atoms with Crippen LogP contribution < -0.4 is 20.5 Å². The summed E-state index contributed by atoms with van der Waals surface area (Å²) in [4.78, 5) is 12.2. The molecule has 0 spiro atoms. The zero-order valence-electron chi connectivity index (χ0n) is 11.1. The number of nitrogens with one attached hydrogen (secondary N) is 1. The third-order valence-corrected chi connectivity index (χ3v) is 3.75. The van der Waals surface area contributed by atoms with E-state index in [-0.39, 0.29) is 5.91 Å². The molecule has 1 aliphatic heterocycles. The molecule has 21 heavy (non-hydrogen) atoms. The Morgan fingerprint density at radius 1 is 1.10 bits per heavy atom. The van der Waals surface area contributed by atoms with Gasteiger partial charge >= 0.3 is 0 Å². The Morgan fingerprint density at radius 2 is 1.86 bits per heavy atom. The summed E-state index contributed by atoms with van der Waals surface area (Å²) in [5, 5.41) is 2.81. The lowest BCUT2D eigenvalue weighted by atomic mass is 10.1. The Morgan fingerprint density at radius 3 is 2.62 bits per heavy atom. The number of benzene rings is 2. The van der Waals surface area contributed by atoms with E-state index in [1.54, 1.807) is 36.4 Å². The van der Waals surface area contributed by atoms with Crippen LogP contribution in [-0.4, -0.2) is 19.1 Å². The fraction of sp³-hybridized carbons (Fsp3) is 0.133. The van der Waals surface area contributed by atoms with Crippen LogP contribution in [0.2, 0.25) is 0 Å².